The quantitative estimate of drug-likeness (QED) is 0.458. The van der Waals surface area contributed by atoms with Crippen molar-refractivity contribution in [3.05, 3.63) is 42.6 Å². The van der Waals surface area contributed by atoms with Crippen molar-refractivity contribution in [2.24, 2.45) is 0 Å². The minimum absolute atomic E-state index is 0. The first kappa shape index (κ1) is 22.1. The second kappa shape index (κ2) is 9.70. The molecular formula is C15H25BrOSiY-2. The van der Waals surface area contributed by atoms with Gasteiger partial charge in [-0.25, -0.2) is 0 Å². The molecule has 0 amide bonds. The van der Waals surface area contributed by atoms with E-state index in [1.807, 2.05) is 0 Å². The van der Waals surface area contributed by atoms with Gasteiger partial charge in [-0.15, -0.1) is 0 Å². The molecule has 1 nitrogen and oxygen atoms in total. The molecule has 4 heteroatoms. The van der Waals surface area contributed by atoms with E-state index in [9.17, 15) is 0 Å². The largest absolute Gasteiger partial charge is 0.544 e. The second-order valence-corrected chi connectivity index (χ2v) is 10.5. The molecule has 1 aromatic rings. The molecule has 0 saturated carbocycles. The van der Waals surface area contributed by atoms with Gasteiger partial charge in [0.25, 0.3) is 0 Å². The minimum Gasteiger partial charge on any atom is -0.544 e. The van der Waals surface area contributed by atoms with E-state index in [0.29, 0.717) is 0 Å². The molecule has 1 aromatic carbocycles. The fraction of sp³-hybridized carbons (Fsp3) is 0.467. The van der Waals surface area contributed by atoms with Gasteiger partial charge in [0.2, 0.25) is 8.32 Å². The third-order valence-corrected chi connectivity index (χ3v) is 7.75. The summed E-state index contributed by atoms with van der Waals surface area (Å²) in [5.74, 6) is 4.05. The van der Waals surface area contributed by atoms with Crippen LogP contribution in [0.5, 0.6) is 5.75 Å². The van der Waals surface area contributed by atoms with Crippen LogP contribution in [0.2, 0.25) is 18.1 Å². The molecule has 107 valence electrons. The number of hydrogen-bond acceptors (Lipinski definition) is 1. The van der Waals surface area contributed by atoms with E-state index < -0.39 is 8.32 Å². The predicted octanol–water partition coefficient (Wildman–Crippen LogP) is 5.62. The minimum atomic E-state index is -1.69. The molecule has 0 aliphatic heterocycles. The predicted molar refractivity (Wildman–Crippen MR) is 87.6 cm³/mol. The first-order valence-corrected chi connectivity index (χ1v) is 10.1. The van der Waals surface area contributed by atoms with Crippen LogP contribution in [0.25, 0.3) is 0 Å². The van der Waals surface area contributed by atoms with Crippen molar-refractivity contribution in [2.75, 3.05) is 0 Å². The van der Waals surface area contributed by atoms with Crippen LogP contribution in [0.4, 0.5) is 0 Å². The summed E-state index contributed by atoms with van der Waals surface area (Å²) < 4.78 is 6.18. The second-order valence-electron chi connectivity index (χ2n) is 5.76. The third kappa shape index (κ3) is 7.40. The molecule has 0 aliphatic rings. The van der Waals surface area contributed by atoms with Crippen LogP contribution in [-0.4, -0.2) is 8.32 Å². The molecule has 0 bridgehead atoms. The van der Waals surface area contributed by atoms with Crippen LogP contribution in [0.3, 0.4) is 0 Å². The molecule has 0 aliphatic carbocycles. The van der Waals surface area contributed by atoms with Crippen LogP contribution in [0, 0.1) is 12.8 Å². The van der Waals surface area contributed by atoms with Crippen molar-refractivity contribution in [2.45, 2.75) is 45.3 Å². The first-order valence-electron chi connectivity index (χ1n) is 6.10. The van der Waals surface area contributed by atoms with Gasteiger partial charge in [0.1, 0.15) is 5.75 Å². The first-order chi connectivity index (χ1) is 8.26. The van der Waals surface area contributed by atoms with Gasteiger partial charge in [-0.3, -0.25) is 5.83 Å². The van der Waals surface area contributed by atoms with E-state index in [1.165, 1.54) is 5.56 Å². The summed E-state index contributed by atoms with van der Waals surface area (Å²) >= 11 is 2.69. The van der Waals surface area contributed by atoms with Gasteiger partial charge < -0.3 is 27.3 Å². The fourth-order valence-electron chi connectivity index (χ4n) is 1.17. The number of rotatable bonds is 3. The Morgan fingerprint density at radius 2 is 1.53 bits per heavy atom. The smallest absolute Gasteiger partial charge is 0.250 e. The SMILES string of the molecule is [CH2-]Br.[CH2-]Cc1ccc(O[Si](C)(C)C(C)(C)C)cc1.[Y]. The van der Waals surface area contributed by atoms with Crippen molar-refractivity contribution < 1.29 is 37.1 Å². The van der Waals surface area contributed by atoms with Crippen molar-refractivity contribution in [3.8, 4) is 5.75 Å². The summed E-state index contributed by atoms with van der Waals surface area (Å²) in [7, 11) is -1.69. The molecule has 0 aromatic heterocycles. The Hall–Kier alpha value is 0.821. The molecule has 19 heavy (non-hydrogen) atoms. The van der Waals surface area contributed by atoms with Crippen molar-refractivity contribution in [1.82, 2.24) is 0 Å². The Morgan fingerprint density at radius 1 is 1.11 bits per heavy atom. The molecule has 1 radical (unpaired) electrons. The fourth-order valence-corrected chi connectivity index (χ4v) is 2.20. The summed E-state index contributed by atoms with van der Waals surface area (Å²) in [6, 6.07) is 8.30. The maximum absolute atomic E-state index is 6.18. The summed E-state index contributed by atoms with van der Waals surface area (Å²) in [6.45, 7) is 15.2. The normalized spacial score (nSPS) is 10.9. The van der Waals surface area contributed by atoms with Gasteiger partial charge in [-0.1, -0.05) is 38.5 Å². The van der Waals surface area contributed by atoms with Crippen LogP contribution in [-0.2, 0) is 39.1 Å². The Labute approximate surface area is 154 Å². The van der Waals surface area contributed by atoms with Gasteiger partial charge in [-0.05, 0) is 30.3 Å². The average molecular weight is 418 g/mol. The molecule has 0 N–H and O–H groups in total. The van der Waals surface area contributed by atoms with Crippen molar-refractivity contribution in [1.29, 1.82) is 0 Å². The zero-order valence-electron chi connectivity index (χ0n) is 12.8. The molecule has 0 spiro atoms. The van der Waals surface area contributed by atoms with Gasteiger partial charge >= 0.3 is 0 Å². The summed E-state index contributed by atoms with van der Waals surface area (Å²) in [5.41, 5.74) is 1.25. The molecular weight excluding hydrogens is 393 g/mol. The van der Waals surface area contributed by atoms with Gasteiger partial charge in [0.15, 0.2) is 0 Å². The molecule has 1 rings (SSSR count). The van der Waals surface area contributed by atoms with Crippen molar-refractivity contribution in [3.63, 3.8) is 0 Å². The maximum Gasteiger partial charge on any atom is 0.250 e. The van der Waals surface area contributed by atoms with Crippen LogP contribution in [0.1, 0.15) is 26.3 Å². The number of benzene rings is 1. The van der Waals surface area contributed by atoms with Crippen LogP contribution in [0.15, 0.2) is 24.3 Å². The Bertz CT molecular complexity index is 344. The summed E-state index contributed by atoms with van der Waals surface area (Å²) in [5, 5.41) is 0.248. The average Bonchev–Trinajstić information content (AvgIpc) is 2.31. The molecule has 0 heterocycles. The monoisotopic (exact) mass is 417 g/mol. The van der Waals surface area contributed by atoms with E-state index in [1.54, 1.807) is 0 Å². The summed E-state index contributed by atoms with van der Waals surface area (Å²) in [6.07, 6.45) is 0.834. The zero-order valence-corrected chi connectivity index (χ0v) is 18.2. The van der Waals surface area contributed by atoms with Crippen molar-refractivity contribution >= 4 is 24.2 Å². The molecule has 0 atom stereocenters. The standard InChI is InChI=1S/C14H23OSi.CH2Br.Y/c1-7-12-8-10-13(11-9-12)15-16(5,6)14(2,3)4;1-2;/h8-11H,1,7H2,2-6H3;1H2;/q2*-1;. The maximum atomic E-state index is 6.18. The third-order valence-electron chi connectivity index (χ3n) is 3.39. The molecule has 0 unspecified atom stereocenters. The van der Waals surface area contributed by atoms with Gasteiger partial charge in [-0.2, -0.15) is 6.42 Å². The zero-order chi connectivity index (χ0) is 14.4. The Balaban J connectivity index is 0. The molecule has 0 fully saturated rings. The topological polar surface area (TPSA) is 9.23 Å². The summed E-state index contributed by atoms with van der Waals surface area (Å²) in [4.78, 5) is 0. The molecule has 0 saturated heterocycles. The van der Waals surface area contributed by atoms with E-state index in [0.717, 1.165) is 12.2 Å². The van der Waals surface area contributed by atoms with E-state index in [2.05, 4.69) is 86.8 Å². The number of hydrogen-bond donors (Lipinski definition) is 0. The van der Waals surface area contributed by atoms with E-state index in [-0.39, 0.29) is 37.7 Å². The Morgan fingerprint density at radius 3 is 1.84 bits per heavy atom. The Kier molecular flexibility index (Phi) is 11.3. The van der Waals surface area contributed by atoms with E-state index in [4.69, 9.17) is 4.43 Å². The van der Waals surface area contributed by atoms with Gasteiger partial charge in [0, 0.05) is 32.7 Å². The van der Waals surface area contributed by atoms with Crippen LogP contribution < -0.4 is 4.43 Å². The van der Waals surface area contributed by atoms with E-state index >= 15 is 0 Å². The number of halogens is 1. The van der Waals surface area contributed by atoms with Crippen LogP contribution >= 0.6 is 15.9 Å². The van der Waals surface area contributed by atoms with Gasteiger partial charge in [0.05, 0.1) is 0 Å².